The van der Waals surface area contributed by atoms with Gasteiger partial charge in [0.25, 0.3) is 0 Å². The summed E-state index contributed by atoms with van der Waals surface area (Å²) in [4.78, 5) is 16.2. The highest BCUT2D eigenvalue weighted by Crippen LogP contribution is 2.37. The number of carbonyl (C=O) groups is 1. The van der Waals surface area contributed by atoms with Crippen molar-refractivity contribution in [3.8, 4) is 0 Å². The number of carbonyl (C=O) groups excluding carboxylic acids is 1. The zero-order valence-corrected chi connectivity index (χ0v) is 11.9. The summed E-state index contributed by atoms with van der Waals surface area (Å²) in [6.07, 6.45) is 11.5. The maximum Gasteiger partial charge on any atom is 0.237 e. The van der Waals surface area contributed by atoms with E-state index >= 15 is 0 Å². The number of aromatic nitrogens is 2. The normalized spacial score (nSPS) is 28.5. The van der Waals surface area contributed by atoms with Gasteiger partial charge in [0.1, 0.15) is 0 Å². The summed E-state index contributed by atoms with van der Waals surface area (Å²) in [5, 5.41) is 6.49. The standard InChI is InChI=1S/C15H24N4O/c20-15(14-13-5-3-4-12(13)10-18-14)17-6-1-2-8-19-9-7-16-11-19/h7,9,11-14,18H,1-6,8,10H2,(H,17,20). The Balaban J connectivity index is 1.33. The van der Waals surface area contributed by atoms with E-state index in [9.17, 15) is 4.79 Å². The van der Waals surface area contributed by atoms with Crippen LogP contribution in [0, 0.1) is 11.8 Å². The van der Waals surface area contributed by atoms with Gasteiger partial charge in [0.15, 0.2) is 0 Å². The fourth-order valence-corrected chi connectivity index (χ4v) is 3.63. The smallest absolute Gasteiger partial charge is 0.237 e. The van der Waals surface area contributed by atoms with Crippen molar-refractivity contribution in [1.29, 1.82) is 0 Å². The molecular weight excluding hydrogens is 252 g/mol. The van der Waals surface area contributed by atoms with E-state index in [4.69, 9.17) is 0 Å². The molecule has 5 nitrogen and oxygen atoms in total. The summed E-state index contributed by atoms with van der Waals surface area (Å²) < 4.78 is 2.07. The van der Waals surface area contributed by atoms with Crippen LogP contribution in [0.15, 0.2) is 18.7 Å². The van der Waals surface area contributed by atoms with E-state index < -0.39 is 0 Å². The van der Waals surface area contributed by atoms with Crippen molar-refractivity contribution in [3.05, 3.63) is 18.7 Å². The SMILES string of the molecule is O=C(NCCCCn1ccnc1)C1NCC2CCCC21. The average Bonchev–Trinajstić information content (AvgIpc) is 3.15. The molecule has 3 atom stereocenters. The third kappa shape index (κ3) is 3.03. The van der Waals surface area contributed by atoms with E-state index in [1.165, 1.54) is 19.3 Å². The number of unbranched alkanes of at least 4 members (excludes halogenated alkanes) is 1. The molecule has 3 rings (SSSR count). The Kier molecular flexibility index (Phi) is 4.35. The van der Waals surface area contributed by atoms with Crippen molar-refractivity contribution in [2.45, 2.75) is 44.7 Å². The first-order valence-electron chi connectivity index (χ1n) is 7.81. The van der Waals surface area contributed by atoms with Crippen molar-refractivity contribution in [1.82, 2.24) is 20.2 Å². The highest BCUT2D eigenvalue weighted by Gasteiger charge is 2.42. The lowest BCUT2D eigenvalue weighted by Crippen LogP contribution is -2.44. The number of fused-ring (bicyclic) bond motifs is 1. The molecule has 1 saturated heterocycles. The van der Waals surface area contributed by atoms with Crippen LogP contribution < -0.4 is 10.6 Å². The monoisotopic (exact) mass is 276 g/mol. The lowest BCUT2D eigenvalue weighted by Gasteiger charge is -2.17. The van der Waals surface area contributed by atoms with Crippen LogP contribution in [0.4, 0.5) is 0 Å². The predicted octanol–water partition coefficient (Wildman–Crippen LogP) is 1.17. The van der Waals surface area contributed by atoms with Crippen molar-refractivity contribution >= 4 is 5.91 Å². The molecule has 2 fully saturated rings. The van der Waals surface area contributed by atoms with E-state index in [2.05, 4.69) is 20.2 Å². The van der Waals surface area contributed by atoms with Crippen molar-refractivity contribution < 1.29 is 4.79 Å². The third-order valence-electron chi connectivity index (χ3n) is 4.73. The first-order valence-corrected chi connectivity index (χ1v) is 7.81. The van der Waals surface area contributed by atoms with Crippen LogP contribution >= 0.6 is 0 Å². The second-order valence-electron chi connectivity index (χ2n) is 6.04. The first kappa shape index (κ1) is 13.6. The Morgan fingerprint density at radius 2 is 2.35 bits per heavy atom. The van der Waals surface area contributed by atoms with Gasteiger partial charge >= 0.3 is 0 Å². The number of hydrogen-bond acceptors (Lipinski definition) is 3. The molecule has 1 aliphatic heterocycles. The summed E-state index contributed by atoms with van der Waals surface area (Å²) in [7, 11) is 0. The van der Waals surface area contributed by atoms with Crippen LogP contribution in [0.25, 0.3) is 0 Å². The molecule has 1 aromatic rings. The van der Waals surface area contributed by atoms with Crippen LogP contribution in [0.5, 0.6) is 0 Å². The minimum atomic E-state index is 0.0659. The summed E-state index contributed by atoms with van der Waals surface area (Å²) in [5.74, 6) is 1.54. The number of amides is 1. The maximum absolute atomic E-state index is 12.2. The van der Waals surface area contributed by atoms with Gasteiger partial charge in [-0.2, -0.15) is 0 Å². The lowest BCUT2D eigenvalue weighted by atomic mass is 9.93. The van der Waals surface area contributed by atoms with Gasteiger partial charge in [-0.25, -0.2) is 4.98 Å². The molecule has 1 aromatic heterocycles. The number of rotatable bonds is 6. The van der Waals surface area contributed by atoms with E-state index in [0.717, 1.165) is 38.4 Å². The Morgan fingerprint density at radius 3 is 3.20 bits per heavy atom. The van der Waals surface area contributed by atoms with E-state index in [-0.39, 0.29) is 11.9 Å². The van der Waals surface area contributed by atoms with Gasteiger partial charge in [0.05, 0.1) is 12.4 Å². The molecule has 0 bridgehead atoms. The van der Waals surface area contributed by atoms with Gasteiger partial charge < -0.3 is 15.2 Å². The van der Waals surface area contributed by atoms with E-state index in [0.29, 0.717) is 5.92 Å². The summed E-state index contributed by atoms with van der Waals surface area (Å²) >= 11 is 0. The molecule has 0 radical (unpaired) electrons. The molecule has 2 N–H and O–H groups in total. The van der Waals surface area contributed by atoms with Crippen LogP contribution in [0.1, 0.15) is 32.1 Å². The molecular formula is C15H24N4O. The van der Waals surface area contributed by atoms with Crippen LogP contribution in [0.3, 0.4) is 0 Å². The molecule has 2 aliphatic rings. The Bertz CT molecular complexity index is 431. The number of nitrogens with one attached hydrogen (secondary N) is 2. The van der Waals surface area contributed by atoms with Gasteiger partial charge in [0, 0.05) is 25.5 Å². The zero-order valence-electron chi connectivity index (χ0n) is 11.9. The molecule has 0 aromatic carbocycles. The minimum Gasteiger partial charge on any atom is -0.355 e. The van der Waals surface area contributed by atoms with Gasteiger partial charge in [-0.3, -0.25) is 4.79 Å². The van der Waals surface area contributed by atoms with Crippen LogP contribution in [-0.2, 0) is 11.3 Å². The molecule has 0 spiro atoms. The number of imidazole rings is 1. The Labute approximate surface area is 120 Å². The molecule has 1 saturated carbocycles. The maximum atomic E-state index is 12.2. The molecule has 2 heterocycles. The van der Waals surface area contributed by atoms with Crippen molar-refractivity contribution in [2.24, 2.45) is 11.8 Å². The quantitative estimate of drug-likeness (QED) is 0.767. The van der Waals surface area contributed by atoms with Crippen LogP contribution in [0.2, 0.25) is 0 Å². The number of nitrogens with zero attached hydrogens (tertiary/aromatic N) is 2. The van der Waals surface area contributed by atoms with Gasteiger partial charge in [-0.05, 0) is 44.1 Å². The molecule has 5 heteroatoms. The largest absolute Gasteiger partial charge is 0.355 e. The summed E-state index contributed by atoms with van der Waals surface area (Å²) in [6.45, 7) is 2.79. The third-order valence-corrected chi connectivity index (χ3v) is 4.73. The highest BCUT2D eigenvalue weighted by atomic mass is 16.2. The van der Waals surface area contributed by atoms with E-state index in [1.54, 1.807) is 6.20 Å². The van der Waals surface area contributed by atoms with Crippen molar-refractivity contribution in [2.75, 3.05) is 13.1 Å². The Hall–Kier alpha value is -1.36. The fraction of sp³-hybridized carbons (Fsp3) is 0.733. The average molecular weight is 276 g/mol. The lowest BCUT2D eigenvalue weighted by molar-refractivity contribution is -0.123. The number of hydrogen-bond donors (Lipinski definition) is 2. The second kappa shape index (κ2) is 6.39. The van der Waals surface area contributed by atoms with Gasteiger partial charge in [-0.1, -0.05) is 6.42 Å². The Morgan fingerprint density at radius 1 is 1.40 bits per heavy atom. The van der Waals surface area contributed by atoms with Crippen molar-refractivity contribution in [3.63, 3.8) is 0 Å². The zero-order chi connectivity index (χ0) is 13.8. The highest BCUT2D eigenvalue weighted by molar-refractivity contribution is 5.82. The number of aryl methyl sites for hydroxylation is 1. The van der Waals surface area contributed by atoms with Gasteiger partial charge in [0.2, 0.25) is 5.91 Å². The van der Waals surface area contributed by atoms with Gasteiger partial charge in [-0.15, -0.1) is 0 Å². The summed E-state index contributed by atoms with van der Waals surface area (Å²) in [5.41, 5.74) is 0. The summed E-state index contributed by atoms with van der Waals surface area (Å²) in [6, 6.07) is 0.0659. The molecule has 20 heavy (non-hydrogen) atoms. The molecule has 3 unspecified atom stereocenters. The molecule has 1 aliphatic carbocycles. The second-order valence-corrected chi connectivity index (χ2v) is 6.04. The first-order chi connectivity index (χ1) is 9.84. The molecule has 1 amide bonds. The fourth-order valence-electron chi connectivity index (χ4n) is 3.63. The van der Waals surface area contributed by atoms with E-state index in [1.807, 2.05) is 12.5 Å². The molecule has 110 valence electrons. The minimum absolute atomic E-state index is 0.0659. The predicted molar refractivity (Wildman–Crippen MR) is 77.1 cm³/mol. The topological polar surface area (TPSA) is 59.0 Å². The van der Waals surface area contributed by atoms with Crippen LogP contribution in [-0.4, -0.2) is 34.6 Å².